The third-order valence-electron chi connectivity index (χ3n) is 6.59. The van der Waals surface area contributed by atoms with Gasteiger partial charge in [-0.25, -0.2) is 13.2 Å². The van der Waals surface area contributed by atoms with Crippen molar-refractivity contribution in [3.8, 4) is 5.75 Å². The number of rotatable bonds is 3. The fourth-order valence-corrected chi connectivity index (χ4v) is 6.97. The Bertz CT molecular complexity index is 1380. The molecule has 4 rings (SSSR count). The van der Waals surface area contributed by atoms with Crippen LogP contribution in [0.1, 0.15) is 59.9 Å². The molecule has 214 valence electrons. The topological polar surface area (TPSA) is 76.2 Å². The SMILES string of the molecule is CC(C)(C)OC(=O)N(C1CC2(C1)CN(S(=O)(=O)c1cccc(C(F)(F)F)c1)c1cc(Br)ccc1O2)C(C)(C)C. The Kier molecular flexibility index (Phi) is 7.24. The molecule has 12 heteroatoms. The minimum atomic E-state index is -4.70. The minimum Gasteiger partial charge on any atom is -0.483 e. The van der Waals surface area contributed by atoms with E-state index in [1.807, 2.05) is 20.8 Å². The molecule has 0 N–H and O–H groups in total. The Balaban J connectivity index is 1.69. The highest BCUT2D eigenvalue weighted by Gasteiger charge is 2.56. The van der Waals surface area contributed by atoms with Crippen molar-refractivity contribution in [3.63, 3.8) is 0 Å². The van der Waals surface area contributed by atoms with Crippen LogP contribution >= 0.6 is 15.9 Å². The van der Waals surface area contributed by atoms with Crippen molar-refractivity contribution in [3.05, 3.63) is 52.5 Å². The molecule has 0 bridgehead atoms. The highest BCUT2D eigenvalue weighted by atomic mass is 79.9. The number of sulfonamides is 1. The van der Waals surface area contributed by atoms with Gasteiger partial charge < -0.3 is 14.4 Å². The number of alkyl halides is 3. The first-order valence-electron chi connectivity index (χ1n) is 12.4. The molecule has 1 spiro atoms. The van der Waals surface area contributed by atoms with Crippen LogP contribution in [-0.4, -0.2) is 48.7 Å². The smallest absolute Gasteiger partial charge is 0.416 e. The lowest BCUT2D eigenvalue weighted by molar-refractivity contribution is -0.137. The van der Waals surface area contributed by atoms with Crippen LogP contribution in [-0.2, 0) is 20.9 Å². The molecule has 2 aromatic rings. The van der Waals surface area contributed by atoms with Gasteiger partial charge in [-0.1, -0.05) is 22.0 Å². The molecule has 1 fully saturated rings. The maximum Gasteiger partial charge on any atom is 0.416 e. The van der Waals surface area contributed by atoms with E-state index in [1.54, 1.807) is 43.9 Å². The van der Waals surface area contributed by atoms with E-state index in [2.05, 4.69) is 15.9 Å². The van der Waals surface area contributed by atoms with Gasteiger partial charge in [0.1, 0.15) is 17.0 Å². The minimum absolute atomic E-state index is 0.127. The first-order chi connectivity index (χ1) is 17.7. The fourth-order valence-electron chi connectivity index (χ4n) is 5.03. The predicted octanol–water partition coefficient (Wildman–Crippen LogP) is 6.99. The molecule has 0 atom stereocenters. The van der Waals surface area contributed by atoms with Gasteiger partial charge in [0.2, 0.25) is 0 Å². The zero-order chi connectivity index (χ0) is 29.2. The third kappa shape index (κ3) is 6.01. The van der Waals surface area contributed by atoms with E-state index in [0.29, 0.717) is 23.4 Å². The molecular weight excluding hydrogens is 601 g/mol. The van der Waals surface area contributed by atoms with Crippen LogP contribution in [0, 0.1) is 0 Å². The number of carbonyl (C=O) groups is 1. The average molecular weight is 634 g/mol. The molecule has 0 saturated heterocycles. The van der Waals surface area contributed by atoms with E-state index in [4.69, 9.17) is 9.47 Å². The lowest BCUT2D eigenvalue weighted by Crippen LogP contribution is -2.68. The second kappa shape index (κ2) is 9.57. The Labute approximate surface area is 235 Å². The molecule has 0 radical (unpaired) electrons. The average Bonchev–Trinajstić information content (AvgIpc) is 2.75. The summed E-state index contributed by atoms with van der Waals surface area (Å²) in [6, 6.07) is 8.29. The molecule has 1 saturated carbocycles. The normalized spacial score (nSPS) is 21.6. The van der Waals surface area contributed by atoms with Crippen LogP contribution in [0.4, 0.5) is 23.7 Å². The molecule has 0 unspecified atom stereocenters. The number of halogens is 4. The molecule has 1 aliphatic carbocycles. The molecule has 2 aliphatic rings. The number of fused-ring (bicyclic) bond motifs is 1. The van der Waals surface area contributed by atoms with E-state index in [0.717, 1.165) is 22.5 Å². The number of hydrogen-bond donors (Lipinski definition) is 0. The first kappa shape index (κ1) is 29.5. The Hall–Kier alpha value is -2.47. The Morgan fingerprint density at radius 3 is 2.28 bits per heavy atom. The summed E-state index contributed by atoms with van der Waals surface area (Å²) in [5.74, 6) is 0.290. The highest BCUT2D eigenvalue weighted by molar-refractivity contribution is 9.10. The van der Waals surface area contributed by atoms with E-state index in [-0.39, 0.29) is 24.0 Å². The summed E-state index contributed by atoms with van der Waals surface area (Å²) in [6.45, 7) is 10.9. The van der Waals surface area contributed by atoms with Crippen LogP contribution in [0.15, 0.2) is 51.8 Å². The molecule has 39 heavy (non-hydrogen) atoms. The van der Waals surface area contributed by atoms with Gasteiger partial charge in [-0.3, -0.25) is 4.31 Å². The molecule has 1 aliphatic heterocycles. The summed E-state index contributed by atoms with van der Waals surface area (Å²) in [7, 11) is -4.40. The fraction of sp³-hybridized carbons (Fsp3) is 0.519. The van der Waals surface area contributed by atoms with E-state index >= 15 is 0 Å². The summed E-state index contributed by atoms with van der Waals surface area (Å²) in [6.07, 6.45) is -4.55. The molecule has 1 heterocycles. The van der Waals surface area contributed by atoms with Gasteiger partial charge in [0, 0.05) is 28.9 Å². The third-order valence-corrected chi connectivity index (χ3v) is 8.84. The van der Waals surface area contributed by atoms with Gasteiger partial charge in [-0.15, -0.1) is 0 Å². The Morgan fingerprint density at radius 1 is 1.08 bits per heavy atom. The van der Waals surface area contributed by atoms with Crippen molar-refractivity contribution < 1.29 is 35.9 Å². The first-order valence-corrected chi connectivity index (χ1v) is 14.7. The number of ether oxygens (including phenoxy) is 2. The molecule has 1 amide bonds. The lowest BCUT2D eigenvalue weighted by Gasteiger charge is -2.56. The number of benzene rings is 2. The van der Waals surface area contributed by atoms with Crippen molar-refractivity contribution in [2.45, 2.75) is 88.2 Å². The summed E-state index contributed by atoms with van der Waals surface area (Å²) in [5.41, 5.74) is -3.11. The van der Waals surface area contributed by atoms with Crippen molar-refractivity contribution in [2.24, 2.45) is 0 Å². The van der Waals surface area contributed by atoms with Gasteiger partial charge in [-0.05, 0) is 77.9 Å². The predicted molar refractivity (Wildman–Crippen MR) is 144 cm³/mol. The van der Waals surface area contributed by atoms with E-state index in [9.17, 15) is 26.4 Å². The van der Waals surface area contributed by atoms with Gasteiger partial charge in [0.25, 0.3) is 10.0 Å². The van der Waals surface area contributed by atoms with Gasteiger partial charge in [0.15, 0.2) is 0 Å². The number of hydrogen-bond acceptors (Lipinski definition) is 5. The number of nitrogens with zero attached hydrogens (tertiary/aromatic N) is 2. The van der Waals surface area contributed by atoms with Gasteiger partial charge in [0.05, 0.1) is 22.7 Å². The number of anilines is 1. The van der Waals surface area contributed by atoms with E-state index < -0.39 is 49.5 Å². The van der Waals surface area contributed by atoms with Crippen LogP contribution in [0.3, 0.4) is 0 Å². The van der Waals surface area contributed by atoms with Crippen LogP contribution in [0.5, 0.6) is 5.75 Å². The monoisotopic (exact) mass is 632 g/mol. The van der Waals surface area contributed by atoms with Crippen molar-refractivity contribution >= 4 is 37.7 Å². The second-order valence-corrected chi connectivity index (χ2v) is 14.8. The second-order valence-electron chi connectivity index (χ2n) is 12.0. The quantitative estimate of drug-likeness (QED) is 0.364. The van der Waals surface area contributed by atoms with Crippen LogP contribution in [0.2, 0.25) is 0 Å². The van der Waals surface area contributed by atoms with E-state index in [1.165, 1.54) is 0 Å². The molecular formula is C27H32BrF3N2O5S. The maximum atomic E-state index is 13.8. The summed E-state index contributed by atoms with van der Waals surface area (Å²) >= 11 is 3.34. The molecule has 0 aromatic heterocycles. The number of carbonyl (C=O) groups excluding carboxylic acids is 1. The summed E-state index contributed by atoms with van der Waals surface area (Å²) in [4.78, 5) is 14.3. The van der Waals surface area contributed by atoms with Crippen LogP contribution in [0.25, 0.3) is 0 Å². The van der Waals surface area contributed by atoms with Crippen molar-refractivity contribution in [2.75, 3.05) is 10.8 Å². The van der Waals surface area contributed by atoms with Crippen LogP contribution < -0.4 is 9.04 Å². The van der Waals surface area contributed by atoms with Gasteiger partial charge in [-0.2, -0.15) is 13.2 Å². The standard InChI is InChI=1S/C27H32BrF3N2O5S/c1-24(2,3)33(23(34)38-25(4,5)6)19-14-26(15-19)16-32(21-13-18(28)10-11-22(21)37-26)39(35,36)20-9-7-8-17(12-20)27(29,30)31/h7-13,19H,14-16H2,1-6H3. The summed E-state index contributed by atoms with van der Waals surface area (Å²) in [5, 5.41) is 0. The largest absolute Gasteiger partial charge is 0.483 e. The van der Waals surface area contributed by atoms with Crippen molar-refractivity contribution in [1.29, 1.82) is 0 Å². The molecule has 7 nitrogen and oxygen atoms in total. The van der Waals surface area contributed by atoms with Crippen molar-refractivity contribution in [1.82, 2.24) is 4.90 Å². The lowest BCUT2D eigenvalue weighted by atomic mass is 9.72. The highest BCUT2D eigenvalue weighted by Crippen LogP contribution is 2.50. The maximum absolute atomic E-state index is 13.8. The summed E-state index contributed by atoms with van der Waals surface area (Å²) < 4.78 is 81.4. The zero-order valence-electron chi connectivity index (χ0n) is 22.6. The van der Waals surface area contributed by atoms with Gasteiger partial charge >= 0.3 is 12.3 Å². The Morgan fingerprint density at radius 2 is 1.72 bits per heavy atom. The zero-order valence-corrected chi connectivity index (χ0v) is 25.0. The number of amides is 1. The molecule has 2 aromatic carbocycles.